The molecule has 1 N–H and O–H groups in total. The van der Waals surface area contributed by atoms with Crippen molar-refractivity contribution in [2.45, 2.75) is 25.3 Å². The van der Waals surface area contributed by atoms with Crippen LogP contribution in [-0.4, -0.2) is 49.8 Å². The van der Waals surface area contributed by atoms with Crippen LogP contribution in [0.5, 0.6) is 0 Å². The summed E-state index contributed by atoms with van der Waals surface area (Å²) >= 11 is 0. The van der Waals surface area contributed by atoms with Crippen LogP contribution in [0.1, 0.15) is 18.5 Å². The number of rotatable bonds is 4. The number of benzene rings is 1. The maximum Gasteiger partial charge on any atom is 0.228 e. The van der Waals surface area contributed by atoms with Gasteiger partial charge in [0.15, 0.2) is 5.58 Å². The average Bonchev–Trinajstić information content (AvgIpc) is 2.89. The maximum atomic E-state index is 12.5. The molecule has 1 saturated heterocycles. The number of nitrogens with one attached hydrogen (secondary N) is 1. The van der Waals surface area contributed by atoms with Crippen LogP contribution in [0.15, 0.2) is 28.8 Å². The third kappa shape index (κ3) is 3.89. The number of amides is 1. The van der Waals surface area contributed by atoms with E-state index in [-0.39, 0.29) is 18.4 Å². The van der Waals surface area contributed by atoms with Crippen molar-refractivity contribution in [2.75, 3.05) is 19.3 Å². The molecule has 1 amide bonds. The van der Waals surface area contributed by atoms with Gasteiger partial charge in [-0.15, -0.1) is 0 Å². The lowest BCUT2D eigenvalue weighted by atomic mass is 10.1. The van der Waals surface area contributed by atoms with Crippen LogP contribution in [0.4, 0.5) is 0 Å². The quantitative estimate of drug-likeness (QED) is 0.895. The highest BCUT2D eigenvalue weighted by Gasteiger charge is 2.26. The van der Waals surface area contributed by atoms with E-state index in [0.717, 1.165) is 24.5 Å². The second kappa shape index (κ2) is 6.29. The third-order valence-corrected chi connectivity index (χ3v) is 4.69. The van der Waals surface area contributed by atoms with Gasteiger partial charge in [0.05, 0.1) is 12.7 Å². The molecule has 7 nitrogen and oxygen atoms in total. The first kappa shape index (κ1) is 15.9. The molecule has 1 aliphatic rings. The summed E-state index contributed by atoms with van der Waals surface area (Å²) in [6.45, 7) is 1.03. The minimum absolute atomic E-state index is 0.0657. The van der Waals surface area contributed by atoms with Crippen LogP contribution in [0, 0.1) is 0 Å². The minimum atomic E-state index is -3.27. The minimum Gasteiger partial charge on any atom is -0.356 e. The lowest BCUT2D eigenvalue weighted by Crippen LogP contribution is -2.49. The molecule has 1 fully saturated rings. The Balaban J connectivity index is 1.68. The molecule has 1 aliphatic heterocycles. The van der Waals surface area contributed by atoms with E-state index in [9.17, 15) is 13.2 Å². The molecule has 124 valence electrons. The average molecular weight is 337 g/mol. The second-order valence-electron chi connectivity index (χ2n) is 5.87. The molecule has 1 atom stereocenters. The molecule has 23 heavy (non-hydrogen) atoms. The summed E-state index contributed by atoms with van der Waals surface area (Å²) < 4.78 is 30.5. The van der Waals surface area contributed by atoms with E-state index < -0.39 is 10.0 Å². The van der Waals surface area contributed by atoms with E-state index in [1.807, 2.05) is 24.3 Å². The van der Waals surface area contributed by atoms with Crippen LogP contribution in [0.25, 0.3) is 11.0 Å². The van der Waals surface area contributed by atoms with Crippen molar-refractivity contribution in [3.63, 3.8) is 0 Å². The number of sulfonamides is 1. The number of hydrogen-bond donors (Lipinski definition) is 1. The molecular weight excluding hydrogens is 318 g/mol. The van der Waals surface area contributed by atoms with Crippen LogP contribution < -0.4 is 4.72 Å². The Morgan fingerprint density at radius 3 is 3.00 bits per heavy atom. The highest BCUT2D eigenvalue weighted by Crippen LogP contribution is 2.19. The number of piperidine rings is 1. The zero-order valence-electron chi connectivity index (χ0n) is 12.9. The van der Waals surface area contributed by atoms with E-state index in [1.54, 1.807) is 4.90 Å². The Kier molecular flexibility index (Phi) is 4.36. The van der Waals surface area contributed by atoms with Gasteiger partial charge in [-0.25, -0.2) is 13.1 Å². The van der Waals surface area contributed by atoms with Gasteiger partial charge in [-0.3, -0.25) is 4.79 Å². The van der Waals surface area contributed by atoms with E-state index in [4.69, 9.17) is 4.52 Å². The van der Waals surface area contributed by atoms with Gasteiger partial charge in [0.1, 0.15) is 5.69 Å². The number of para-hydroxylation sites is 1. The smallest absolute Gasteiger partial charge is 0.228 e. The molecule has 1 aromatic heterocycles. The zero-order chi connectivity index (χ0) is 16.4. The Labute approximate surface area is 134 Å². The summed E-state index contributed by atoms with van der Waals surface area (Å²) in [5, 5.41) is 4.81. The Bertz CT molecular complexity index is 815. The molecule has 1 aromatic carbocycles. The molecule has 2 aromatic rings. The molecule has 0 radical (unpaired) electrons. The van der Waals surface area contributed by atoms with E-state index in [1.165, 1.54) is 0 Å². The summed E-state index contributed by atoms with van der Waals surface area (Å²) in [6, 6.07) is 7.19. The van der Waals surface area contributed by atoms with Crippen molar-refractivity contribution in [1.82, 2.24) is 14.8 Å². The Morgan fingerprint density at radius 1 is 1.43 bits per heavy atom. The largest absolute Gasteiger partial charge is 0.356 e. The summed E-state index contributed by atoms with van der Waals surface area (Å²) in [5.41, 5.74) is 1.27. The Morgan fingerprint density at radius 2 is 2.22 bits per heavy atom. The number of carbonyl (C=O) groups is 1. The molecular formula is C15H19N3O4S. The Hall–Kier alpha value is -1.93. The second-order valence-corrected chi connectivity index (χ2v) is 7.65. The predicted molar refractivity (Wildman–Crippen MR) is 85.3 cm³/mol. The number of aromatic nitrogens is 1. The van der Waals surface area contributed by atoms with Gasteiger partial charge in [-0.1, -0.05) is 17.3 Å². The molecule has 0 aliphatic carbocycles. The summed E-state index contributed by atoms with van der Waals surface area (Å²) in [4.78, 5) is 14.2. The van der Waals surface area contributed by atoms with Crippen LogP contribution in [0.3, 0.4) is 0 Å². The van der Waals surface area contributed by atoms with Crippen LogP contribution >= 0.6 is 0 Å². The molecule has 0 saturated carbocycles. The van der Waals surface area contributed by atoms with Gasteiger partial charge in [0.2, 0.25) is 15.9 Å². The molecule has 0 spiro atoms. The van der Waals surface area contributed by atoms with Gasteiger partial charge < -0.3 is 9.42 Å². The number of nitrogens with zero attached hydrogens (tertiary/aromatic N) is 2. The summed E-state index contributed by atoms with van der Waals surface area (Å²) in [7, 11) is -3.27. The number of fused-ring (bicyclic) bond motifs is 1. The van der Waals surface area contributed by atoms with Gasteiger partial charge in [-0.05, 0) is 25.0 Å². The maximum absolute atomic E-state index is 12.5. The molecule has 8 heteroatoms. The van der Waals surface area contributed by atoms with Crippen molar-refractivity contribution in [1.29, 1.82) is 0 Å². The standard InChI is InChI=1S/C15H19N3O4S/c1-23(20,21)17-11-5-4-8-18(10-11)15(19)9-13-12-6-2-3-7-14(12)22-16-13/h2-3,6-7,11,17H,4-5,8-10H2,1H3/t11-/m0/s1. The normalized spacial score (nSPS) is 19.2. The van der Waals surface area contributed by atoms with E-state index >= 15 is 0 Å². The fourth-order valence-corrected chi connectivity index (χ4v) is 3.72. The number of hydrogen-bond acceptors (Lipinski definition) is 5. The van der Waals surface area contributed by atoms with Gasteiger partial charge in [-0.2, -0.15) is 0 Å². The fraction of sp³-hybridized carbons (Fsp3) is 0.467. The summed E-state index contributed by atoms with van der Waals surface area (Å²) in [6.07, 6.45) is 2.81. The predicted octanol–water partition coefficient (Wildman–Crippen LogP) is 0.910. The lowest BCUT2D eigenvalue weighted by Gasteiger charge is -2.32. The first-order valence-corrected chi connectivity index (χ1v) is 9.40. The molecule has 2 heterocycles. The van der Waals surface area contributed by atoms with E-state index in [0.29, 0.717) is 24.4 Å². The SMILES string of the molecule is CS(=O)(=O)N[C@H]1CCCN(C(=O)Cc2noc3ccccc23)C1. The molecule has 3 rings (SSSR count). The lowest BCUT2D eigenvalue weighted by molar-refractivity contribution is -0.131. The van der Waals surface area contributed by atoms with Gasteiger partial charge >= 0.3 is 0 Å². The molecule has 0 bridgehead atoms. The van der Waals surface area contributed by atoms with Crippen molar-refractivity contribution >= 4 is 26.9 Å². The number of carbonyl (C=O) groups excluding carboxylic acids is 1. The fourth-order valence-electron chi connectivity index (χ4n) is 2.92. The van der Waals surface area contributed by atoms with Gasteiger partial charge in [0.25, 0.3) is 0 Å². The first-order chi connectivity index (χ1) is 10.9. The zero-order valence-corrected chi connectivity index (χ0v) is 13.7. The highest BCUT2D eigenvalue weighted by molar-refractivity contribution is 7.88. The highest BCUT2D eigenvalue weighted by atomic mass is 32.2. The van der Waals surface area contributed by atoms with Crippen LogP contribution in [-0.2, 0) is 21.2 Å². The first-order valence-electron chi connectivity index (χ1n) is 7.51. The summed E-state index contributed by atoms with van der Waals surface area (Å²) in [5.74, 6) is -0.0657. The van der Waals surface area contributed by atoms with Crippen molar-refractivity contribution < 1.29 is 17.7 Å². The van der Waals surface area contributed by atoms with Crippen molar-refractivity contribution in [3.8, 4) is 0 Å². The number of likely N-dealkylation sites (tertiary alicyclic amines) is 1. The molecule has 0 unspecified atom stereocenters. The topological polar surface area (TPSA) is 92.5 Å². The van der Waals surface area contributed by atoms with Crippen molar-refractivity contribution in [3.05, 3.63) is 30.0 Å². The van der Waals surface area contributed by atoms with Crippen molar-refractivity contribution in [2.24, 2.45) is 0 Å². The monoisotopic (exact) mass is 337 g/mol. The third-order valence-electron chi connectivity index (χ3n) is 3.93. The van der Waals surface area contributed by atoms with Crippen LogP contribution in [0.2, 0.25) is 0 Å². The van der Waals surface area contributed by atoms with E-state index in [2.05, 4.69) is 9.88 Å². The van der Waals surface area contributed by atoms with Gasteiger partial charge in [0, 0.05) is 24.5 Å².